The van der Waals surface area contributed by atoms with E-state index in [-0.39, 0.29) is 5.91 Å². The number of carbonyl (C=O) groups is 1. The highest BCUT2D eigenvalue weighted by Crippen LogP contribution is 2.31. The maximum Gasteiger partial charge on any atom is 0.224 e. The number of imidazole rings is 1. The van der Waals surface area contributed by atoms with E-state index in [2.05, 4.69) is 10.3 Å². The largest absolute Gasteiger partial charge is 0.493 e. The van der Waals surface area contributed by atoms with Crippen LogP contribution in [-0.2, 0) is 18.3 Å². The number of hydrogen-bond donors (Lipinski definition) is 1. The molecular weight excluding hydrogens is 318 g/mol. The van der Waals surface area contributed by atoms with Gasteiger partial charge < -0.3 is 19.4 Å². The lowest BCUT2D eigenvalue weighted by Gasteiger charge is -2.12. The molecule has 3 rings (SSSR count). The summed E-state index contributed by atoms with van der Waals surface area (Å²) >= 11 is 0. The molecule has 0 aliphatic heterocycles. The first-order chi connectivity index (χ1) is 12.1. The Balaban J connectivity index is 1.67. The van der Waals surface area contributed by atoms with Crippen molar-refractivity contribution in [2.75, 3.05) is 19.5 Å². The van der Waals surface area contributed by atoms with E-state index >= 15 is 0 Å². The molecule has 6 nitrogen and oxygen atoms in total. The molecule has 130 valence electrons. The van der Waals surface area contributed by atoms with Gasteiger partial charge >= 0.3 is 0 Å². The first kappa shape index (κ1) is 16.8. The third kappa shape index (κ3) is 3.57. The Bertz CT molecular complexity index is 902. The average Bonchev–Trinajstić information content (AvgIpc) is 3.00. The zero-order valence-corrected chi connectivity index (χ0v) is 14.6. The molecule has 3 aromatic rings. The van der Waals surface area contributed by atoms with Crippen molar-refractivity contribution in [3.63, 3.8) is 0 Å². The van der Waals surface area contributed by atoms with E-state index in [1.807, 2.05) is 48.0 Å². The van der Waals surface area contributed by atoms with E-state index in [4.69, 9.17) is 9.47 Å². The van der Waals surface area contributed by atoms with E-state index in [1.54, 1.807) is 20.5 Å². The minimum atomic E-state index is -0.0496. The van der Waals surface area contributed by atoms with Crippen LogP contribution in [0.1, 0.15) is 12.0 Å². The number of anilines is 1. The lowest BCUT2D eigenvalue weighted by Crippen LogP contribution is -2.12. The van der Waals surface area contributed by atoms with Crippen molar-refractivity contribution in [3.05, 3.63) is 48.3 Å². The quantitative estimate of drug-likeness (QED) is 0.749. The highest BCUT2D eigenvalue weighted by Gasteiger charge is 2.11. The fourth-order valence-electron chi connectivity index (χ4n) is 2.83. The molecule has 0 saturated heterocycles. The fourth-order valence-corrected chi connectivity index (χ4v) is 2.83. The Kier molecular flexibility index (Phi) is 4.88. The van der Waals surface area contributed by atoms with Gasteiger partial charge in [-0.05, 0) is 36.2 Å². The summed E-state index contributed by atoms with van der Waals surface area (Å²) in [5, 5.41) is 2.94. The fraction of sp³-hybridized carbons (Fsp3) is 0.263. The summed E-state index contributed by atoms with van der Waals surface area (Å²) < 4.78 is 12.6. The Labute approximate surface area is 146 Å². The number of fused-ring (bicyclic) bond motifs is 1. The molecule has 25 heavy (non-hydrogen) atoms. The highest BCUT2D eigenvalue weighted by atomic mass is 16.5. The molecule has 6 heteroatoms. The Morgan fingerprint density at radius 3 is 2.80 bits per heavy atom. The zero-order valence-electron chi connectivity index (χ0n) is 14.6. The van der Waals surface area contributed by atoms with Gasteiger partial charge in [-0.2, -0.15) is 0 Å². The number of aromatic nitrogens is 2. The van der Waals surface area contributed by atoms with Gasteiger partial charge in [0.1, 0.15) is 0 Å². The third-order valence-corrected chi connectivity index (χ3v) is 4.12. The standard InChI is InChI=1S/C19H21N3O3/c1-22-12-20-15-9-8-14(11-16(15)22)21-18(23)10-7-13-5-4-6-17(24-2)19(13)25-3/h4-6,8-9,11-12H,7,10H2,1-3H3,(H,21,23). The molecule has 1 amide bonds. The molecule has 0 aliphatic carbocycles. The normalized spacial score (nSPS) is 10.7. The number of hydrogen-bond acceptors (Lipinski definition) is 4. The minimum Gasteiger partial charge on any atom is -0.493 e. The smallest absolute Gasteiger partial charge is 0.224 e. The summed E-state index contributed by atoms with van der Waals surface area (Å²) in [7, 11) is 5.13. The van der Waals surface area contributed by atoms with E-state index < -0.39 is 0 Å². The van der Waals surface area contributed by atoms with Crippen molar-refractivity contribution in [2.45, 2.75) is 12.8 Å². The molecule has 1 N–H and O–H groups in total. The lowest BCUT2D eigenvalue weighted by atomic mass is 10.1. The molecule has 0 atom stereocenters. The Morgan fingerprint density at radius 1 is 1.20 bits per heavy atom. The second-order valence-corrected chi connectivity index (χ2v) is 5.76. The van der Waals surface area contributed by atoms with Crippen molar-refractivity contribution in [3.8, 4) is 11.5 Å². The van der Waals surface area contributed by atoms with Crippen LogP contribution >= 0.6 is 0 Å². The van der Waals surface area contributed by atoms with Crippen molar-refractivity contribution in [2.24, 2.45) is 7.05 Å². The first-order valence-electron chi connectivity index (χ1n) is 8.03. The van der Waals surface area contributed by atoms with Crippen molar-refractivity contribution < 1.29 is 14.3 Å². The number of nitrogens with zero attached hydrogens (tertiary/aromatic N) is 2. The van der Waals surface area contributed by atoms with E-state index in [9.17, 15) is 4.79 Å². The van der Waals surface area contributed by atoms with Crippen LogP contribution in [0.2, 0.25) is 0 Å². The summed E-state index contributed by atoms with van der Waals surface area (Å²) in [6.07, 6.45) is 2.68. The Hall–Kier alpha value is -3.02. The van der Waals surface area contributed by atoms with Gasteiger partial charge in [-0.3, -0.25) is 4.79 Å². The molecule has 0 bridgehead atoms. The monoisotopic (exact) mass is 339 g/mol. The summed E-state index contributed by atoms with van der Waals surface area (Å²) in [6.45, 7) is 0. The molecule has 0 spiro atoms. The van der Waals surface area contributed by atoms with Gasteiger partial charge in [0.25, 0.3) is 0 Å². The van der Waals surface area contributed by atoms with Gasteiger partial charge in [0.05, 0.1) is 31.6 Å². The van der Waals surface area contributed by atoms with Crippen LogP contribution < -0.4 is 14.8 Å². The average molecular weight is 339 g/mol. The van der Waals surface area contributed by atoms with Crippen LogP contribution in [0.4, 0.5) is 5.69 Å². The van der Waals surface area contributed by atoms with Gasteiger partial charge in [-0.15, -0.1) is 0 Å². The molecule has 0 saturated carbocycles. The number of methoxy groups -OCH3 is 2. The molecule has 0 fully saturated rings. The van der Waals surface area contributed by atoms with Crippen LogP contribution in [0.15, 0.2) is 42.7 Å². The van der Waals surface area contributed by atoms with Gasteiger partial charge in [-0.25, -0.2) is 4.98 Å². The van der Waals surface area contributed by atoms with Crippen LogP contribution in [0.5, 0.6) is 11.5 Å². The van der Waals surface area contributed by atoms with Crippen LogP contribution in [-0.4, -0.2) is 29.7 Å². The van der Waals surface area contributed by atoms with E-state index in [0.29, 0.717) is 24.3 Å². The number of amides is 1. The number of para-hydroxylation sites is 1. The maximum atomic E-state index is 12.3. The van der Waals surface area contributed by atoms with Crippen molar-refractivity contribution >= 4 is 22.6 Å². The van der Waals surface area contributed by atoms with Crippen molar-refractivity contribution in [1.82, 2.24) is 9.55 Å². The van der Waals surface area contributed by atoms with E-state index in [1.165, 1.54) is 0 Å². The molecule has 2 aromatic carbocycles. The Morgan fingerprint density at radius 2 is 2.04 bits per heavy atom. The second-order valence-electron chi connectivity index (χ2n) is 5.76. The van der Waals surface area contributed by atoms with Gasteiger partial charge in [-0.1, -0.05) is 12.1 Å². The molecule has 1 heterocycles. The van der Waals surface area contributed by atoms with Gasteiger partial charge in [0.2, 0.25) is 5.91 Å². The minimum absolute atomic E-state index is 0.0496. The predicted molar refractivity (Wildman–Crippen MR) is 97.2 cm³/mol. The van der Waals surface area contributed by atoms with Crippen LogP contribution in [0.3, 0.4) is 0 Å². The van der Waals surface area contributed by atoms with Gasteiger partial charge in [0, 0.05) is 19.2 Å². The zero-order chi connectivity index (χ0) is 17.8. The molecule has 1 aromatic heterocycles. The number of ether oxygens (including phenoxy) is 2. The number of rotatable bonds is 6. The first-order valence-corrected chi connectivity index (χ1v) is 8.03. The molecule has 0 radical (unpaired) electrons. The SMILES string of the molecule is COc1cccc(CCC(=O)Nc2ccc3ncn(C)c3c2)c1OC. The van der Waals surface area contributed by atoms with Crippen LogP contribution in [0.25, 0.3) is 11.0 Å². The summed E-state index contributed by atoms with van der Waals surface area (Å²) in [4.78, 5) is 16.6. The number of carbonyl (C=O) groups excluding carboxylic acids is 1. The lowest BCUT2D eigenvalue weighted by molar-refractivity contribution is -0.116. The third-order valence-electron chi connectivity index (χ3n) is 4.12. The predicted octanol–water partition coefficient (Wildman–Crippen LogP) is 3.16. The number of benzene rings is 2. The second kappa shape index (κ2) is 7.25. The number of aryl methyl sites for hydroxylation is 2. The number of nitrogens with one attached hydrogen (secondary N) is 1. The summed E-state index contributed by atoms with van der Waals surface area (Å²) in [6, 6.07) is 11.4. The topological polar surface area (TPSA) is 65.4 Å². The summed E-state index contributed by atoms with van der Waals surface area (Å²) in [5.41, 5.74) is 3.59. The maximum absolute atomic E-state index is 12.3. The van der Waals surface area contributed by atoms with Gasteiger partial charge in [0.15, 0.2) is 11.5 Å². The van der Waals surface area contributed by atoms with Crippen LogP contribution in [0, 0.1) is 0 Å². The molecule has 0 aliphatic rings. The molecular formula is C19H21N3O3. The highest BCUT2D eigenvalue weighted by molar-refractivity contribution is 5.93. The van der Waals surface area contributed by atoms with E-state index in [0.717, 1.165) is 22.3 Å². The van der Waals surface area contributed by atoms with Crippen molar-refractivity contribution in [1.29, 1.82) is 0 Å². The summed E-state index contributed by atoms with van der Waals surface area (Å²) in [5.74, 6) is 1.29. The molecule has 0 unspecified atom stereocenters.